The van der Waals surface area contributed by atoms with Gasteiger partial charge >= 0.3 is 0 Å². The van der Waals surface area contributed by atoms with Gasteiger partial charge in [0.05, 0.1) is 12.1 Å². The topological polar surface area (TPSA) is 57.4 Å². The summed E-state index contributed by atoms with van der Waals surface area (Å²) in [5.74, 6) is 2.16. The van der Waals surface area contributed by atoms with Crippen LogP contribution < -0.4 is 9.47 Å². The van der Waals surface area contributed by atoms with Gasteiger partial charge in [-0.05, 0) is 48.0 Å². The van der Waals surface area contributed by atoms with Crippen molar-refractivity contribution in [3.8, 4) is 34.3 Å². The summed E-state index contributed by atoms with van der Waals surface area (Å²) in [5.41, 5.74) is 2.40. The molecule has 5 nitrogen and oxygen atoms in total. The lowest BCUT2D eigenvalue weighted by atomic mass is 10.1. The molecule has 0 radical (unpaired) electrons. The Morgan fingerprint density at radius 2 is 1.76 bits per heavy atom. The van der Waals surface area contributed by atoms with Crippen molar-refractivity contribution in [2.75, 3.05) is 7.11 Å². The summed E-state index contributed by atoms with van der Waals surface area (Å²) in [6, 6.07) is 20.4. The third-order valence-electron chi connectivity index (χ3n) is 4.24. The Morgan fingerprint density at radius 1 is 0.931 bits per heavy atom. The van der Waals surface area contributed by atoms with Crippen LogP contribution in [-0.4, -0.2) is 17.3 Å². The van der Waals surface area contributed by atoms with Crippen LogP contribution in [0.1, 0.15) is 5.56 Å². The zero-order chi connectivity index (χ0) is 20.2. The lowest BCUT2D eigenvalue weighted by Crippen LogP contribution is -1.97. The van der Waals surface area contributed by atoms with Gasteiger partial charge in [-0.1, -0.05) is 52.6 Å². The van der Waals surface area contributed by atoms with E-state index in [1.165, 1.54) is 0 Å². The van der Waals surface area contributed by atoms with Crippen LogP contribution in [0, 0.1) is 0 Å². The summed E-state index contributed by atoms with van der Waals surface area (Å²) in [6.45, 7) is 0.373. The minimum absolute atomic E-state index is 0.373. The van der Waals surface area contributed by atoms with E-state index >= 15 is 0 Å². The highest BCUT2D eigenvalue weighted by atomic mass is 35.5. The standard InChI is InChI=1S/C22H16Cl2N2O3/c1-27-19-7-2-3-8-20(19)28-13-14-5-4-6-15(11-14)22-25-21(26-29-22)17-10-9-16(23)12-18(17)24/h2-12H,13H2,1H3. The average molecular weight is 427 g/mol. The molecule has 29 heavy (non-hydrogen) atoms. The number of aromatic nitrogens is 2. The zero-order valence-corrected chi connectivity index (χ0v) is 16.9. The summed E-state index contributed by atoms with van der Waals surface area (Å²) in [4.78, 5) is 4.46. The Balaban J connectivity index is 1.54. The largest absolute Gasteiger partial charge is 0.493 e. The van der Waals surface area contributed by atoms with Gasteiger partial charge in [-0.3, -0.25) is 0 Å². The maximum atomic E-state index is 6.24. The Morgan fingerprint density at radius 3 is 2.55 bits per heavy atom. The molecule has 0 aliphatic carbocycles. The molecule has 3 aromatic carbocycles. The number of hydrogen-bond acceptors (Lipinski definition) is 5. The van der Waals surface area contributed by atoms with Crippen LogP contribution in [0.2, 0.25) is 10.0 Å². The monoisotopic (exact) mass is 426 g/mol. The first-order valence-electron chi connectivity index (χ1n) is 8.78. The number of para-hydroxylation sites is 2. The van der Waals surface area contributed by atoms with Crippen LogP contribution in [-0.2, 0) is 6.61 Å². The van der Waals surface area contributed by atoms with Gasteiger partial charge in [-0.25, -0.2) is 0 Å². The van der Waals surface area contributed by atoms with Gasteiger partial charge in [0.15, 0.2) is 11.5 Å². The zero-order valence-electron chi connectivity index (χ0n) is 15.4. The predicted molar refractivity (Wildman–Crippen MR) is 113 cm³/mol. The Kier molecular flexibility index (Phi) is 5.69. The minimum atomic E-state index is 0.373. The van der Waals surface area contributed by atoms with Crippen LogP contribution in [0.15, 0.2) is 71.3 Å². The molecule has 4 aromatic rings. The van der Waals surface area contributed by atoms with Crippen molar-refractivity contribution in [3.05, 3.63) is 82.3 Å². The number of benzene rings is 3. The molecular formula is C22H16Cl2N2O3. The number of halogens is 2. The first-order valence-corrected chi connectivity index (χ1v) is 9.54. The molecule has 1 aromatic heterocycles. The predicted octanol–water partition coefficient (Wildman–Crippen LogP) is 6.30. The maximum absolute atomic E-state index is 6.24. The molecule has 0 aliphatic rings. The first-order chi connectivity index (χ1) is 14.1. The SMILES string of the molecule is COc1ccccc1OCc1cccc(-c2nc(-c3ccc(Cl)cc3Cl)no2)c1. The Hall–Kier alpha value is -3.02. The normalized spacial score (nSPS) is 10.7. The summed E-state index contributed by atoms with van der Waals surface area (Å²) < 4.78 is 16.6. The molecule has 0 atom stereocenters. The molecule has 0 aliphatic heterocycles. The number of hydrogen-bond donors (Lipinski definition) is 0. The van der Waals surface area contributed by atoms with Crippen molar-refractivity contribution < 1.29 is 14.0 Å². The van der Waals surface area contributed by atoms with Crippen LogP contribution in [0.5, 0.6) is 11.5 Å². The second-order valence-corrected chi connectivity index (χ2v) is 7.03. The van der Waals surface area contributed by atoms with E-state index < -0.39 is 0 Å². The van der Waals surface area contributed by atoms with E-state index in [4.69, 9.17) is 37.2 Å². The van der Waals surface area contributed by atoms with Crippen molar-refractivity contribution in [1.29, 1.82) is 0 Å². The molecule has 0 amide bonds. The molecule has 0 fully saturated rings. The third-order valence-corrected chi connectivity index (χ3v) is 4.78. The minimum Gasteiger partial charge on any atom is -0.493 e. The highest BCUT2D eigenvalue weighted by Crippen LogP contribution is 2.31. The smallest absolute Gasteiger partial charge is 0.258 e. The van der Waals surface area contributed by atoms with Crippen LogP contribution >= 0.6 is 23.2 Å². The summed E-state index contributed by atoms with van der Waals surface area (Å²) >= 11 is 12.2. The third kappa shape index (κ3) is 4.36. The fraction of sp³-hybridized carbons (Fsp3) is 0.0909. The second kappa shape index (κ2) is 8.55. The molecule has 0 bridgehead atoms. The molecule has 0 saturated carbocycles. The summed E-state index contributed by atoms with van der Waals surface area (Å²) in [6.07, 6.45) is 0. The maximum Gasteiger partial charge on any atom is 0.258 e. The summed E-state index contributed by atoms with van der Waals surface area (Å²) in [7, 11) is 1.61. The molecule has 0 N–H and O–H groups in total. The van der Waals surface area contributed by atoms with E-state index in [1.807, 2.05) is 48.5 Å². The molecular weight excluding hydrogens is 411 g/mol. The number of nitrogens with zero attached hydrogens (tertiary/aromatic N) is 2. The van der Waals surface area contributed by atoms with Crippen molar-refractivity contribution in [2.24, 2.45) is 0 Å². The fourth-order valence-corrected chi connectivity index (χ4v) is 3.31. The van der Waals surface area contributed by atoms with Crippen LogP contribution in [0.4, 0.5) is 0 Å². The molecule has 7 heteroatoms. The Bertz CT molecular complexity index is 1140. The van der Waals surface area contributed by atoms with Gasteiger partial charge in [0.1, 0.15) is 6.61 Å². The van der Waals surface area contributed by atoms with Gasteiger partial charge in [0.2, 0.25) is 5.82 Å². The van der Waals surface area contributed by atoms with E-state index in [2.05, 4.69) is 10.1 Å². The highest BCUT2D eigenvalue weighted by Gasteiger charge is 2.14. The average Bonchev–Trinajstić information content (AvgIpc) is 3.22. The molecule has 146 valence electrons. The van der Waals surface area contributed by atoms with Gasteiger partial charge in [0.25, 0.3) is 5.89 Å². The second-order valence-electron chi connectivity index (χ2n) is 6.19. The molecule has 0 spiro atoms. The van der Waals surface area contributed by atoms with Gasteiger partial charge < -0.3 is 14.0 Å². The van der Waals surface area contributed by atoms with Crippen molar-refractivity contribution in [3.63, 3.8) is 0 Å². The lowest BCUT2D eigenvalue weighted by Gasteiger charge is -2.10. The summed E-state index contributed by atoms with van der Waals surface area (Å²) in [5, 5.41) is 5.05. The van der Waals surface area contributed by atoms with Crippen LogP contribution in [0.25, 0.3) is 22.8 Å². The van der Waals surface area contributed by atoms with Crippen molar-refractivity contribution >= 4 is 23.2 Å². The Labute approximate surface area is 177 Å². The van der Waals surface area contributed by atoms with Crippen LogP contribution in [0.3, 0.4) is 0 Å². The van der Waals surface area contributed by atoms with E-state index in [0.717, 1.165) is 11.1 Å². The van der Waals surface area contributed by atoms with E-state index in [1.54, 1.807) is 25.3 Å². The molecule has 4 rings (SSSR count). The highest BCUT2D eigenvalue weighted by molar-refractivity contribution is 6.36. The van der Waals surface area contributed by atoms with E-state index in [0.29, 0.717) is 45.4 Å². The van der Waals surface area contributed by atoms with E-state index in [9.17, 15) is 0 Å². The lowest BCUT2D eigenvalue weighted by molar-refractivity contribution is 0.284. The molecule has 0 unspecified atom stereocenters. The van der Waals surface area contributed by atoms with Crippen molar-refractivity contribution in [1.82, 2.24) is 10.1 Å². The molecule has 1 heterocycles. The first kappa shape index (κ1) is 19.3. The van der Waals surface area contributed by atoms with Gasteiger partial charge in [0, 0.05) is 16.1 Å². The quantitative estimate of drug-likeness (QED) is 0.362. The van der Waals surface area contributed by atoms with Crippen molar-refractivity contribution in [2.45, 2.75) is 6.61 Å². The number of ether oxygens (including phenoxy) is 2. The van der Waals surface area contributed by atoms with E-state index in [-0.39, 0.29) is 0 Å². The molecule has 0 saturated heterocycles. The van der Waals surface area contributed by atoms with Gasteiger partial charge in [-0.15, -0.1) is 0 Å². The fourth-order valence-electron chi connectivity index (χ4n) is 2.81. The van der Waals surface area contributed by atoms with Gasteiger partial charge in [-0.2, -0.15) is 4.98 Å². The number of methoxy groups -OCH3 is 1. The number of rotatable bonds is 6.